The molecule has 0 aliphatic carbocycles. The molecule has 0 aliphatic rings. The molecule has 0 atom stereocenters. The Morgan fingerprint density at radius 1 is 1.50 bits per heavy atom. The van der Waals surface area contributed by atoms with Crippen LogP contribution in [0.5, 0.6) is 0 Å². The van der Waals surface area contributed by atoms with Gasteiger partial charge in [-0.15, -0.1) is 0 Å². The van der Waals surface area contributed by atoms with Gasteiger partial charge in [0.25, 0.3) is 0 Å². The van der Waals surface area contributed by atoms with Gasteiger partial charge < -0.3 is 5.73 Å². The third kappa shape index (κ3) is 3.77. The van der Waals surface area contributed by atoms with E-state index in [-0.39, 0.29) is 5.78 Å². The number of rotatable bonds is 7. The van der Waals surface area contributed by atoms with Crippen molar-refractivity contribution in [2.24, 2.45) is 12.8 Å². The number of hydrogen-bond acceptors (Lipinski definition) is 3. The molecule has 16 heavy (non-hydrogen) atoms. The summed E-state index contributed by atoms with van der Waals surface area (Å²) >= 11 is 0. The molecule has 0 radical (unpaired) electrons. The summed E-state index contributed by atoms with van der Waals surface area (Å²) in [6.45, 7) is 2.73. The number of carbonyl (C=O) groups excluding carboxylic acids is 1. The molecule has 1 aromatic rings. The lowest BCUT2D eigenvalue weighted by molar-refractivity contribution is -0.118. The molecule has 1 rings (SSSR count). The lowest BCUT2D eigenvalue weighted by atomic mass is 10.1. The number of nitrogens with zero attached hydrogens (tertiary/aromatic N) is 2. The molecule has 0 bridgehead atoms. The van der Waals surface area contributed by atoms with Crippen LogP contribution in [0.3, 0.4) is 0 Å². The van der Waals surface area contributed by atoms with Gasteiger partial charge in [-0.25, -0.2) is 0 Å². The predicted octanol–water partition coefficient (Wildman–Crippen LogP) is 1.22. The van der Waals surface area contributed by atoms with Crippen molar-refractivity contribution >= 4 is 5.78 Å². The normalized spacial score (nSPS) is 10.7. The standard InChI is InChI=1S/C12H21N3O/c1-3-10-8-11(15(2)14-10)9-12(16)6-4-5-7-13/h8H,3-7,9,13H2,1-2H3. The van der Waals surface area contributed by atoms with E-state index in [0.29, 0.717) is 19.4 Å². The van der Waals surface area contributed by atoms with Crippen molar-refractivity contribution in [3.8, 4) is 0 Å². The fourth-order valence-corrected chi connectivity index (χ4v) is 1.67. The first-order chi connectivity index (χ1) is 7.67. The Hall–Kier alpha value is -1.16. The largest absolute Gasteiger partial charge is 0.330 e. The maximum absolute atomic E-state index is 11.7. The Morgan fingerprint density at radius 2 is 2.25 bits per heavy atom. The molecular weight excluding hydrogens is 202 g/mol. The van der Waals surface area contributed by atoms with E-state index in [1.807, 2.05) is 13.1 Å². The first-order valence-electron chi connectivity index (χ1n) is 5.91. The van der Waals surface area contributed by atoms with Crippen LogP contribution in [0.25, 0.3) is 0 Å². The van der Waals surface area contributed by atoms with Crippen molar-refractivity contribution in [2.45, 2.75) is 39.0 Å². The Labute approximate surface area is 96.8 Å². The number of unbranched alkanes of at least 4 members (excludes halogenated alkanes) is 1. The van der Waals surface area contributed by atoms with Gasteiger partial charge in [-0.05, 0) is 31.9 Å². The van der Waals surface area contributed by atoms with Gasteiger partial charge in [-0.2, -0.15) is 5.10 Å². The minimum Gasteiger partial charge on any atom is -0.330 e. The lowest BCUT2D eigenvalue weighted by Gasteiger charge is -2.01. The summed E-state index contributed by atoms with van der Waals surface area (Å²) in [5, 5.41) is 4.32. The number of aromatic nitrogens is 2. The predicted molar refractivity (Wildman–Crippen MR) is 64.2 cm³/mol. The summed E-state index contributed by atoms with van der Waals surface area (Å²) in [6, 6.07) is 2.01. The summed E-state index contributed by atoms with van der Waals surface area (Å²) in [6.07, 6.45) is 3.86. The molecule has 2 N–H and O–H groups in total. The van der Waals surface area contributed by atoms with Gasteiger partial charge in [-0.3, -0.25) is 9.48 Å². The van der Waals surface area contributed by atoms with Crippen LogP contribution in [0.2, 0.25) is 0 Å². The fraction of sp³-hybridized carbons (Fsp3) is 0.667. The zero-order chi connectivity index (χ0) is 12.0. The molecule has 0 saturated heterocycles. The number of hydrogen-bond donors (Lipinski definition) is 1. The summed E-state index contributed by atoms with van der Waals surface area (Å²) in [5.41, 5.74) is 7.44. The Bertz CT molecular complexity index is 344. The van der Waals surface area contributed by atoms with Crippen molar-refractivity contribution in [2.75, 3.05) is 6.54 Å². The van der Waals surface area contributed by atoms with Crippen LogP contribution in [0.4, 0.5) is 0 Å². The number of nitrogens with two attached hydrogens (primary N) is 1. The molecule has 1 aromatic heterocycles. The number of Topliss-reactive ketones (excluding diaryl/α,β-unsaturated/α-hetero) is 1. The second-order valence-corrected chi connectivity index (χ2v) is 4.07. The van der Waals surface area contributed by atoms with E-state index in [0.717, 1.165) is 30.7 Å². The van der Waals surface area contributed by atoms with Gasteiger partial charge in [0.1, 0.15) is 5.78 Å². The van der Waals surface area contributed by atoms with Crippen molar-refractivity contribution in [3.63, 3.8) is 0 Å². The average molecular weight is 223 g/mol. The fourth-order valence-electron chi connectivity index (χ4n) is 1.67. The smallest absolute Gasteiger partial charge is 0.138 e. The highest BCUT2D eigenvalue weighted by Crippen LogP contribution is 2.07. The SMILES string of the molecule is CCc1cc(CC(=O)CCCCN)n(C)n1. The van der Waals surface area contributed by atoms with Crippen molar-refractivity contribution in [3.05, 3.63) is 17.5 Å². The van der Waals surface area contributed by atoms with E-state index in [1.165, 1.54) is 0 Å². The second kappa shape index (κ2) is 6.43. The number of aryl methyl sites for hydroxylation is 2. The van der Waals surface area contributed by atoms with E-state index in [2.05, 4.69) is 12.0 Å². The quantitative estimate of drug-likeness (QED) is 0.707. The molecule has 90 valence electrons. The van der Waals surface area contributed by atoms with E-state index in [9.17, 15) is 4.79 Å². The molecule has 0 aliphatic heterocycles. The van der Waals surface area contributed by atoms with E-state index in [4.69, 9.17) is 5.73 Å². The van der Waals surface area contributed by atoms with Crippen LogP contribution in [-0.2, 0) is 24.7 Å². The van der Waals surface area contributed by atoms with Crippen LogP contribution < -0.4 is 5.73 Å². The van der Waals surface area contributed by atoms with Crippen LogP contribution in [-0.4, -0.2) is 22.1 Å². The lowest BCUT2D eigenvalue weighted by Crippen LogP contribution is -2.08. The minimum absolute atomic E-state index is 0.277. The van der Waals surface area contributed by atoms with Gasteiger partial charge in [0, 0.05) is 25.6 Å². The van der Waals surface area contributed by atoms with Gasteiger partial charge in [0.05, 0.1) is 5.69 Å². The minimum atomic E-state index is 0.277. The molecular formula is C12H21N3O. The van der Waals surface area contributed by atoms with Gasteiger partial charge >= 0.3 is 0 Å². The Morgan fingerprint density at radius 3 is 2.81 bits per heavy atom. The Balaban J connectivity index is 2.45. The monoisotopic (exact) mass is 223 g/mol. The highest BCUT2D eigenvalue weighted by Gasteiger charge is 2.08. The molecule has 0 saturated carbocycles. The van der Waals surface area contributed by atoms with Crippen LogP contribution in [0.1, 0.15) is 37.6 Å². The van der Waals surface area contributed by atoms with E-state index >= 15 is 0 Å². The zero-order valence-corrected chi connectivity index (χ0v) is 10.2. The summed E-state index contributed by atoms with van der Waals surface area (Å²) in [7, 11) is 1.89. The summed E-state index contributed by atoms with van der Waals surface area (Å²) < 4.78 is 1.81. The molecule has 0 fully saturated rings. The van der Waals surface area contributed by atoms with Gasteiger partial charge in [-0.1, -0.05) is 6.92 Å². The Kier molecular flexibility index (Phi) is 5.19. The van der Waals surface area contributed by atoms with E-state index < -0.39 is 0 Å². The average Bonchev–Trinajstić information content (AvgIpc) is 2.60. The highest BCUT2D eigenvalue weighted by molar-refractivity contribution is 5.80. The zero-order valence-electron chi connectivity index (χ0n) is 10.2. The third-order valence-corrected chi connectivity index (χ3v) is 2.68. The molecule has 0 aromatic carbocycles. The molecule has 4 heteroatoms. The van der Waals surface area contributed by atoms with Gasteiger partial charge in [0.2, 0.25) is 0 Å². The molecule has 0 unspecified atom stereocenters. The summed E-state index contributed by atoms with van der Waals surface area (Å²) in [4.78, 5) is 11.7. The topological polar surface area (TPSA) is 60.9 Å². The first-order valence-corrected chi connectivity index (χ1v) is 5.91. The summed E-state index contributed by atoms with van der Waals surface area (Å²) in [5.74, 6) is 0.277. The van der Waals surface area contributed by atoms with Crippen molar-refractivity contribution < 1.29 is 4.79 Å². The van der Waals surface area contributed by atoms with Crippen LogP contribution in [0, 0.1) is 0 Å². The third-order valence-electron chi connectivity index (χ3n) is 2.68. The number of ketones is 1. The molecule has 0 amide bonds. The maximum Gasteiger partial charge on any atom is 0.138 e. The molecule has 0 spiro atoms. The highest BCUT2D eigenvalue weighted by atomic mass is 16.1. The molecule has 4 nitrogen and oxygen atoms in total. The van der Waals surface area contributed by atoms with Crippen LogP contribution in [0.15, 0.2) is 6.07 Å². The first kappa shape index (κ1) is 12.9. The van der Waals surface area contributed by atoms with E-state index in [1.54, 1.807) is 4.68 Å². The maximum atomic E-state index is 11.7. The van der Waals surface area contributed by atoms with Crippen LogP contribution >= 0.6 is 0 Å². The van der Waals surface area contributed by atoms with Crippen molar-refractivity contribution in [1.82, 2.24) is 9.78 Å². The molecule has 1 heterocycles. The number of carbonyl (C=O) groups is 1. The second-order valence-electron chi connectivity index (χ2n) is 4.07. The van der Waals surface area contributed by atoms with Crippen molar-refractivity contribution in [1.29, 1.82) is 0 Å². The van der Waals surface area contributed by atoms with Gasteiger partial charge in [0.15, 0.2) is 0 Å².